The van der Waals surface area contributed by atoms with Gasteiger partial charge >= 0.3 is 0 Å². The number of nitrogens with one attached hydrogen (secondary N) is 1. The molecule has 0 heterocycles. The molecule has 1 unspecified atom stereocenters. The molecule has 2 aromatic carbocycles. The molecule has 5 heteroatoms. The van der Waals surface area contributed by atoms with Crippen LogP contribution < -0.4 is 5.32 Å². The molecule has 0 aliphatic heterocycles. The van der Waals surface area contributed by atoms with E-state index in [-0.39, 0.29) is 17.5 Å². The van der Waals surface area contributed by atoms with Gasteiger partial charge in [0.05, 0.1) is 4.92 Å². The van der Waals surface area contributed by atoms with Crippen molar-refractivity contribution in [1.82, 2.24) is 0 Å². The first-order chi connectivity index (χ1) is 9.47. The summed E-state index contributed by atoms with van der Waals surface area (Å²) in [5.41, 5.74) is 2.91. The highest BCUT2D eigenvalue weighted by Crippen LogP contribution is 2.25. The number of nitro groups is 1. The van der Waals surface area contributed by atoms with E-state index in [1.54, 1.807) is 24.3 Å². The molecule has 20 heavy (non-hydrogen) atoms. The maximum atomic E-state index is 10.6. The van der Waals surface area contributed by atoms with E-state index in [0.29, 0.717) is 0 Å². The van der Waals surface area contributed by atoms with Gasteiger partial charge in [0.1, 0.15) is 5.75 Å². The molecule has 104 valence electrons. The molecule has 0 aliphatic rings. The fourth-order valence-electron chi connectivity index (χ4n) is 2.01. The first kappa shape index (κ1) is 13.9. The third-order valence-electron chi connectivity index (χ3n) is 3.19. The third kappa shape index (κ3) is 3.06. The number of benzene rings is 2. The van der Waals surface area contributed by atoms with Crippen LogP contribution in [0.3, 0.4) is 0 Å². The second-order valence-electron chi connectivity index (χ2n) is 4.71. The summed E-state index contributed by atoms with van der Waals surface area (Å²) in [6, 6.07) is 11.6. The maximum Gasteiger partial charge on any atom is 0.269 e. The number of nitro benzene ring substituents is 1. The standard InChI is InChI=1S/C15H16N2O3/c1-10-9-14(18)7-8-15(10)16-11(2)12-3-5-13(6-4-12)17(19)20/h3-9,11,16,18H,1-2H3. The summed E-state index contributed by atoms with van der Waals surface area (Å²) in [6.45, 7) is 3.89. The SMILES string of the molecule is Cc1cc(O)ccc1NC(C)c1ccc([N+](=O)[O-])cc1. The van der Waals surface area contributed by atoms with Gasteiger partial charge in [0.25, 0.3) is 5.69 Å². The van der Waals surface area contributed by atoms with Crippen molar-refractivity contribution in [2.75, 3.05) is 5.32 Å². The number of anilines is 1. The largest absolute Gasteiger partial charge is 0.508 e. The van der Waals surface area contributed by atoms with Gasteiger partial charge in [0, 0.05) is 23.9 Å². The van der Waals surface area contributed by atoms with E-state index in [9.17, 15) is 15.2 Å². The van der Waals surface area contributed by atoms with Crippen LogP contribution in [0.4, 0.5) is 11.4 Å². The lowest BCUT2D eigenvalue weighted by Gasteiger charge is -2.17. The number of non-ortho nitro benzene ring substituents is 1. The monoisotopic (exact) mass is 272 g/mol. The topological polar surface area (TPSA) is 75.4 Å². The Labute approximate surface area is 117 Å². The number of hydrogen-bond acceptors (Lipinski definition) is 4. The van der Waals surface area contributed by atoms with Crippen LogP contribution in [0, 0.1) is 17.0 Å². The van der Waals surface area contributed by atoms with E-state index in [0.717, 1.165) is 16.8 Å². The van der Waals surface area contributed by atoms with Crippen molar-refractivity contribution >= 4 is 11.4 Å². The lowest BCUT2D eigenvalue weighted by Crippen LogP contribution is -2.07. The quantitative estimate of drug-likeness (QED) is 0.504. The second-order valence-corrected chi connectivity index (χ2v) is 4.71. The molecule has 0 spiro atoms. The summed E-state index contributed by atoms with van der Waals surface area (Å²) in [4.78, 5) is 10.2. The van der Waals surface area contributed by atoms with Crippen LogP contribution in [0.2, 0.25) is 0 Å². The molecule has 1 atom stereocenters. The van der Waals surface area contributed by atoms with E-state index in [1.807, 2.05) is 19.9 Å². The molecule has 0 fully saturated rings. The molecule has 0 aromatic heterocycles. The van der Waals surface area contributed by atoms with Gasteiger partial charge in [-0.05, 0) is 43.2 Å². The van der Waals surface area contributed by atoms with E-state index in [1.165, 1.54) is 12.1 Å². The summed E-state index contributed by atoms with van der Waals surface area (Å²) in [7, 11) is 0. The summed E-state index contributed by atoms with van der Waals surface area (Å²) in [5, 5.41) is 23.3. The second kappa shape index (κ2) is 5.61. The molecular formula is C15H16N2O3. The van der Waals surface area contributed by atoms with Crippen molar-refractivity contribution in [3.63, 3.8) is 0 Å². The zero-order valence-electron chi connectivity index (χ0n) is 11.3. The fourth-order valence-corrected chi connectivity index (χ4v) is 2.01. The van der Waals surface area contributed by atoms with Gasteiger partial charge in [-0.1, -0.05) is 12.1 Å². The number of hydrogen-bond donors (Lipinski definition) is 2. The van der Waals surface area contributed by atoms with Gasteiger partial charge in [-0.25, -0.2) is 0 Å². The summed E-state index contributed by atoms with van der Waals surface area (Å²) < 4.78 is 0. The minimum Gasteiger partial charge on any atom is -0.508 e. The Morgan fingerprint density at radius 1 is 1.20 bits per heavy atom. The fraction of sp³-hybridized carbons (Fsp3) is 0.200. The highest BCUT2D eigenvalue weighted by molar-refractivity contribution is 5.54. The van der Waals surface area contributed by atoms with Crippen molar-refractivity contribution in [1.29, 1.82) is 0 Å². The average molecular weight is 272 g/mol. The summed E-state index contributed by atoms with van der Waals surface area (Å²) in [5.74, 6) is 0.232. The molecule has 2 N–H and O–H groups in total. The van der Waals surface area contributed by atoms with Gasteiger partial charge in [-0.2, -0.15) is 0 Å². The zero-order chi connectivity index (χ0) is 14.7. The number of phenolic OH excluding ortho intramolecular Hbond substituents is 1. The van der Waals surface area contributed by atoms with Crippen molar-refractivity contribution in [2.45, 2.75) is 19.9 Å². The number of aryl methyl sites for hydroxylation is 1. The van der Waals surface area contributed by atoms with Gasteiger partial charge in [0.2, 0.25) is 0 Å². The summed E-state index contributed by atoms with van der Waals surface area (Å²) in [6.07, 6.45) is 0. The maximum absolute atomic E-state index is 10.6. The molecule has 0 radical (unpaired) electrons. The van der Waals surface area contributed by atoms with Gasteiger partial charge < -0.3 is 10.4 Å². The van der Waals surface area contributed by atoms with E-state index in [2.05, 4.69) is 5.32 Å². The molecular weight excluding hydrogens is 256 g/mol. The Morgan fingerprint density at radius 2 is 1.85 bits per heavy atom. The molecule has 2 aromatic rings. The molecule has 2 rings (SSSR count). The van der Waals surface area contributed by atoms with Crippen molar-refractivity contribution < 1.29 is 10.0 Å². The Kier molecular flexibility index (Phi) is 3.89. The number of aromatic hydroxyl groups is 1. The van der Waals surface area contributed by atoms with Crippen LogP contribution >= 0.6 is 0 Å². The van der Waals surface area contributed by atoms with Crippen molar-refractivity contribution in [3.05, 3.63) is 63.7 Å². The minimum atomic E-state index is -0.411. The lowest BCUT2D eigenvalue weighted by atomic mass is 10.1. The number of nitrogens with zero attached hydrogens (tertiary/aromatic N) is 1. The van der Waals surface area contributed by atoms with Crippen LogP contribution in [0.15, 0.2) is 42.5 Å². The van der Waals surface area contributed by atoms with Crippen LogP contribution in [0.1, 0.15) is 24.1 Å². The predicted molar refractivity (Wildman–Crippen MR) is 78.0 cm³/mol. The highest BCUT2D eigenvalue weighted by atomic mass is 16.6. The molecule has 0 saturated carbocycles. The van der Waals surface area contributed by atoms with Gasteiger partial charge in [-0.15, -0.1) is 0 Å². The van der Waals surface area contributed by atoms with Crippen molar-refractivity contribution in [2.24, 2.45) is 0 Å². The van der Waals surface area contributed by atoms with E-state index < -0.39 is 4.92 Å². The van der Waals surface area contributed by atoms with Crippen LogP contribution in [-0.4, -0.2) is 10.0 Å². The Balaban J connectivity index is 2.15. The zero-order valence-corrected chi connectivity index (χ0v) is 11.3. The van der Waals surface area contributed by atoms with Crippen LogP contribution in [0.5, 0.6) is 5.75 Å². The lowest BCUT2D eigenvalue weighted by molar-refractivity contribution is -0.384. The average Bonchev–Trinajstić information content (AvgIpc) is 2.42. The number of phenols is 1. The predicted octanol–water partition coefficient (Wildman–Crippen LogP) is 3.78. The minimum absolute atomic E-state index is 0.0130. The molecule has 0 saturated heterocycles. The smallest absolute Gasteiger partial charge is 0.269 e. The Morgan fingerprint density at radius 3 is 2.40 bits per heavy atom. The van der Waals surface area contributed by atoms with Crippen LogP contribution in [-0.2, 0) is 0 Å². The van der Waals surface area contributed by atoms with Crippen LogP contribution in [0.25, 0.3) is 0 Å². The van der Waals surface area contributed by atoms with Gasteiger partial charge in [-0.3, -0.25) is 10.1 Å². The number of rotatable bonds is 4. The first-order valence-corrected chi connectivity index (χ1v) is 6.28. The van der Waals surface area contributed by atoms with Gasteiger partial charge in [0.15, 0.2) is 0 Å². The molecule has 5 nitrogen and oxygen atoms in total. The van der Waals surface area contributed by atoms with E-state index >= 15 is 0 Å². The Bertz CT molecular complexity index is 624. The first-order valence-electron chi connectivity index (χ1n) is 6.28. The summed E-state index contributed by atoms with van der Waals surface area (Å²) >= 11 is 0. The normalized spacial score (nSPS) is 11.9. The van der Waals surface area contributed by atoms with Crippen molar-refractivity contribution in [3.8, 4) is 5.75 Å². The van der Waals surface area contributed by atoms with E-state index in [4.69, 9.17) is 0 Å². The third-order valence-corrected chi connectivity index (χ3v) is 3.19. The molecule has 0 aliphatic carbocycles. The highest BCUT2D eigenvalue weighted by Gasteiger charge is 2.10. The Hall–Kier alpha value is -2.56. The molecule has 0 amide bonds. The molecule has 0 bridgehead atoms.